The van der Waals surface area contributed by atoms with Crippen LogP contribution in [-0.4, -0.2) is 168 Å². The second kappa shape index (κ2) is 7.73. The highest BCUT2D eigenvalue weighted by atomic mass is 15.7. The summed E-state index contributed by atoms with van der Waals surface area (Å²) in [5, 5.41) is 0. The van der Waals surface area contributed by atoms with Gasteiger partial charge in [-0.2, -0.15) is 0 Å². The molecule has 36 heavy (non-hydrogen) atoms. The molecule has 1 aromatic carbocycles. The summed E-state index contributed by atoms with van der Waals surface area (Å²) >= 11 is 0. The number of quaternary nitrogens is 2. The summed E-state index contributed by atoms with van der Waals surface area (Å²) < 4.78 is 2.62. The van der Waals surface area contributed by atoms with Crippen LogP contribution in [-0.2, 0) is 13.1 Å². The lowest BCUT2D eigenvalue weighted by Crippen LogP contribution is -2.73. The van der Waals surface area contributed by atoms with Crippen LogP contribution in [0.4, 0.5) is 0 Å². The molecule has 194 valence electrons. The molecule has 8 aliphatic heterocycles. The number of hydrogen-bond donors (Lipinski definition) is 0. The average molecular weight is 493 g/mol. The van der Waals surface area contributed by atoms with E-state index in [2.05, 4.69) is 53.7 Å². The number of benzene rings is 1. The van der Waals surface area contributed by atoms with Crippen LogP contribution < -0.4 is 0 Å². The maximum atomic E-state index is 2.86. The van der Waals surface area contributed by atoms with E-state index in [1.54, 1.807) is 11.1 Å². The van der Waals surface area contributed by atoms with E-state index in [1.807, 2.05) is 0 Å². The Morgan fingerprint density at radius 1 is 0.500 bits per heavy atom. The van der Waals surface area contributed by atoms with Gasteiger partial charge in [-0.15, -0.1) is 0 Å². The van der Waals surface area contributed by atoms with Crippen LogP contribution in [0, 0.1) is 0 Å². The van der Waals surface area contributed by atoms with Gasteiger partial charge in [-0.25, -0.2) is 9.80 Å². The fourth-order valence-corrected chi connectivity index (χ4v) is 10.3. The van der Waals surface area contributed by atoms with E-state index in [-0.39, 0.29) is 0 Å². The Bertz CT molecular complexity index is 961. The number of piperazine rings is 4. The zero-order valence-corrected chi connectivity index (χ0v) is 21.9. The Morgan fingerprint density at radius 2 is 0.861 bits per heavy atom. The van der Waals surface area contributed by atoms with Gasteiger partial charge in [0.15, 0.2) is 12.3 Å². The molecule has 8 aliphatic rings. The largest absolute Gasteiger partial charge is 0.300 e. The maximum Gasteiger partial charge on any atom is 0.175 e. The molecule has 8 saturated heterocycles. The summed E-state index contributed by atoms with van der Waals surface area (Å²) in [5.74, 6) is 0. The molecule has 9 rings (SSSR count). The maximum absolute atomic E-state index is 2.86. The van der Waals surface area contributed by atoms with Crippen molar-refractivity contribution in [3.63, 3.8) is 0 Å². The number of rotatable bonds is 4. The van der Waals surface area contributed by atoms with Crippen molar-refractivity contribution in [1.82, 2.24) is 29.4 Å². The van der Waals surface area contributed by atoms with E-state index < -0.39 is 0 Å². The minimum atomic E-state index is 0.670. The van der Waals surface area contributed by atoms with Crippen LogP contribution in [0.3, 0.4) is 0 Å². The van der Waals surface area contributed by atoms with Crippen LogP contribution in [0.1, 0.15) is 11.1 Å². The topological polar surface area (TPSA) is 19.4 Å². The van der Waals surface area contributed by atoms with Gasteiger partial charge in [-0.05, 0) is 6.07 Å². The van der Waals surface area contributed by atoms with Crippen LogP contribution in [0.5, 0.6) is 0 Å². The Labute approximate surface area is 216 Å². The first-order valence-electron chi connectivity index (χ1n) is 15.0. The molecule has 0 bridgehead atoms. The molecule has 0 spiro atoms. The normalized spacial score (nSPS) is 44.9. The van der Waals surface area contributed by atoms with Crippen molar-refractivity contribution in [3.05, 3.63) is 35.4 Å². The van der Waals surface area contributed by atoms with Gasteiger partial charge in [0, 0.05) is 76.6 Å². The SMILES string of the molecule is c1cc(C[N+]23CCN4CCN5CCN(CC2)C3C54)cc(C[N+]23CCN4CCN5CCN(CC2)C3C54)c1. The molecular weight excluding hydrogens is 448 g/mol. The first kappa shape index (κ1) is 21.8. The molecule has 0 N–H and O–H groups in total. The third kappa shape index (κ3) is 2.93. The van der Waals surface area contributed by atoms with Gasteiger partial charge in [-0.1, -0.05) is 18.2 Å². The lowest BCUT2D eigenvalue weighted by Gasteiger charge is -2.54. The van der Waals surface area contributed by atoms with Gasteiger partial charge in [-0.3, -0.25) is 19.6 Å². The van der Waals surface area contributed by atoms with E-state index in [0.717, 1.165) is 0 Å². The molecule has 6 atom stereocenters. The Morgan fingerprint density at radius 3 is 1.31 bits per heavy atom. The molecule has 1 aromatic rings. The Hall–Kier alpha value is -1.10. The van der Waals surface area contributed by atoms with Crippen LogP contribution in [0.2, 0.25) is 0 Å². The summed E-state index contributed by atoms with van der Waals surface area (Å²) in [6, 6.07) is 9.93. The molecule has 6 unspecified atom stereocenters. The Balaban J connectivity index is 0.998. The molecular formula is C28H44N8+2. The summed E-state index contributed by atoms with van der Waals surface area (Å²) in [6.45, 7) is 23.3. The van der Waals surface area contributed by atoms with Crippen LogP contribution in [0.15, 0.2) is 24.3 Å². The highest BCUT2D eigenvalue weighted by molar-refractivity contribution is 5.23. The fraction of sp³-hybridized carbons (Fsp3) is 0.786. The van der Waals surface area contributed by atoms with E-state index >= 15 is 0 Å². The van der Waals surface area contributed by atoms with Gasteiger partial charge in [0.1, 0.15) is 25.4 Å². The lowest BCUT2D eigenvalue weighted by molar-refractivity contribution is -0.966. The third-order valence-corrected chi connectivity index (χ3v) is 11.9. The van der Waals surface area contributed by atoms with Crippen molar-refractivity contribution >= 4 is 0 Å². The van der Waals surface area contributed by atoms with E-state index in [0.29, 0.717) is 24.7 Å². The summed E-state index contributed by atoms with van der Waals surface area (Å²) in [7, 11) is 0. The average Bonchev–Trinajstić information content (AvgIpc) is 3.66. The standard InChI is InChI=1S/C28H44N8/c1-2-23(21-35-16-12-31-6-4-29-8-10-33(14-18-35)27(35)25(29)31)20-24(3-1)22-36-17-13-32-7-5-30-9-11-34(15-19-36)28(36)26(30)32/h1-3,20,25-28H,4-19,21-22H2/q+2. The van der Waals surface area contributed by atoms with Crippen molar-refractivity contribution in [2.75, 3.05) is 105 Å². The predicted octanol–water partition coefficient (Wildman–Crippen LogP) is -0.455. The molecule has 8 heterocycles. The summed E-state index contributed by atoms with van der Waals surface area (Å²) in [6.07, 6.45) is 2.72. The van der Waals surface area contributed by atoms with Gasteiger partial charge >= 0.3 is 0 Å². The third-order valence-electron chi connectivity index (χ3n) is 11.9. The van der Waals surface area contributed by atoms with E-state index in [4.69, 9.17) is 0 Å². The van der Waals surface area contributed by atoms with E-state index in [9.17, 15) is 0 Å². The quantitative estimate of drug-likeness (QED) is 0.527. The highest BCUT2D eigenvalue weighted by Gasteiger charge is 2.61. The smallest absolute Gasteiger partial charge is 0.175 e. The predicted molar refractivity (Wildman–Crippen MR) is 138 cm³/mol. The van der Waals surface area contributed by atoms with Gasteiger partial charge < -0.3 is 8.97 Å². The minimum absolute atomic E-state index is 0.670. The lowest BCUT2D eigenvalue weighted by atomic mass is 10.0. The molecule has 8 nitrogen and oxygen atoms in total. The monoisotopic (exact) mass is 492 g/mol. The molecule has 0 aromatic heterocycles. The van der Waals surface area contributed by atoms with Gasteiger partial charge in [0.2, 0.25) is 0 Å². The minimum Gasteiger partial charge on any atom is -0.300 e. The highest BCUT2D eigenvalue weighted by Crippen LogP contribution is 2.42. The second-order valence-corrected chi connectivity index (χ2v) is 13.3. The van der Waals surface area contributed by atoms with Crippen LogP contribution in [0.25, 0.3) is 0 Å². The summed E-state index contributed by atoms with van der Waals surface area (Å²) in [4.78, 5) is 16.9. The molecule has 8 fully saturated rings. The fourth-order valence-electron chi connectivity index (χ4n) is 10.3. The number of hydrogen-bond acceptors (Lipinski definition) is 6. The molecule has 8 heteroatoms. The molecule has 0 amide bonds. The molecule has 0 saturated carbocycles. The second-order valence-electron chi connectivity index (χ2n) is 13.3. The van der Waals surface area contributed by atoms with Crippen molar-refractivity contribution in [2.45, 2.75) is 37.8 Å². The first-order valence-corrected chi connectivity index (χ1v) is 15.0. The summed E-state index contributed by atoms with van der Waals surface area (Å²) in [5.41, 5.74) is 3.19. The molecule has 0 radical (unpaired) electrons. The van der Waals surface area contributed by atoms with Crippen molar-refractivity contribution in [3.8, 4) is 0 Å². The zero-order chi connectivity index (χ0) is 23.5. The van der Waals surface area contributed by atoms with Crippen molar-refractivity contribution < 1.29 is 8.97 Å². The van der Waals surface area contributed by atoms with Crippen molar-refractivity contribution in [2.24, 2.45) is 0 Å². The van der Waals surface area contributed by atoms with Gasteiger partial charge in [0.25, 0.3) is 0 Å². The molecule has 0 aliphatic carbocycles. The van der Waals surface area contributed by atoms with E-state index in [1.165, 1.54) is 127 Å². The number of nitrogens with zero attached hydrogens (tertiary/aromatic N) is 8. The van der Waals surface area contributed by atoms with Crippen molar-refractivity contribution in [1.29, 1.82) is 0 Å². The Kier molecular flexibility index (Phi) is 4.68. The zero-order valence-electron chi connectivity index (χ0n) is 21.9. The first-order chi connectivity index (χ1) is 17.7. The van der Waals surface area contributed by atoms with Crippen LogP contribution >= 0.6 is 0 Å². The van der Waals surface area contributed by atoms with Gasteiger partial charge in [0.05, 0.1) is 39.3 Å².